The number of hydrogen-bond acceptors (Lipinski definition) is 2. The van der Waals surface area contributed by atoms with Gasteiger partial charge in [-0.1, -0.05) is 19.9 Å². The molecule has 124 valence electrons. The molecule has 1 aliphatic heterocycles. The van der Waals surface area contributed by atoms with Gasteiger partial charge in [-0.25, -0.2) is 4.39 Å². The maximum Gasteiger partial charge on any atom is 0.416 e. The Morgan fingerprint density at radius 1 is 1.18 bits per heavy atom. The van der Waals surface area contributed by atoms with Crippen molar-refractivity contribution in [2.24, 2.45) is 5.92 Å². The molecular weight excluding hydrogens is 296 g/mol. The highest BCUT2D eigenvalue weighted by Gasteiger charge is 2.37. The molecule has 2 rings (SSSR count). The molecule has 1 aromatic rings. The summed E-state index contributed by atoms with van der Waals surface area (Å²) in [6, 6.07) is 2.71. The minimum absolute atomic E-state index is 0.185. The average Bonchev–Trinajstić information content (AvgIpc) is 2.45. The Bertz CT molecular complexity index is 493. The van der Waals surface area contributed by atoms with Gasteiger partial charge in [0.1, 0.15) is 5.82 Å². The number of halogens is 4. The van der Waals surface area contributed by atoms with Crippen molar-refractivity contribution in [1.82, 2.24) is 10.2 Å². The van der Waals surface area contributed by atoms with Crippen molar-refractivity contribution < 1.29 is 17.6 Å². The molecule has 0 amide bonds. The van der Waals surface area contributed by atoms with Crippen LogP contribution in [0, 0.1) is 11.7 Å². The van der Waals surface area contributed by atoms with E-state index in [2.05, 4.69) is 10.2 Å². The predicted octanol–water partition coefficient (Wildman–Crippen LogP) is 3.84. The zero-order chi connectivity index (χ0) is 16.3. The Labute approximate surface area is 128 Å². The zero-order valence-corrected chi connectivity index (χ0v) is 12.9. The first-order chi connectivity index (χ1) is 10.3. The second kappa shape index (κ2) is 6.96. The highest BCUT2D eigenvalue weighted by Crippen LogP contribution is 2.39. The van der Waals surface area contributed by atoms with Crippen LogP contribution in [0.15, 0.2) is 18.2 Å². The third kappa shape index (κ3) is 4.20. The average molecular weight is 318 g/mol. The van der Waals surface area contributed by atoms with Gasteiger partial charge in [0.05, 0.1) is 5.56 Å². The molecule has 1 N–H and O–H groups in total. The van der Waals surface area contributed by atoms with Crippen molar-refractivity contribution in [3.8, 4) is 0 Å². The molecule has 1 aliphatic rings. The summed E-state index contributed by atoms with van der Waals surface area (Å²) in [4.78, 5) is 2.07. The van der Waals surface area contributed by atoms with E-state index in [0.29, 0.717) is 25.6 Å². The summed E-state index contributed by atoms with van der Waals surface area (Å²) in [5, 5.41) is 3.20. The van der Waals surface area contributed by atoms with Crippen LogP contribution in [0.1, 0.15) is 37.4 Å². The molecule has 0 aromatic heterocycles. The number of piperazine rings is 1. The Balaban J connectivity index is 2.42. The van der Waals surface area contributed by atoms with Crippen LogP contribution in [-0.4, -0.2) is 31.1 Å². The highest BCUT2D eigenvalue weighted by atomic mass is 19.4. The van der Waals surface area contributed by atoms with E-state index in [9.17, 15) is 17.6 Å². The van der Waals surface area contributed by atoms with E-state index in [1.807, 2.05) is 13.8 Å². The normalized spacial score (nSPS) is 18.7. The summed E-state index contributed by atoms with van der Waals surface area (Å²) in [5.41, 5.74) is -0.666. The number of hydrogen-bond donors (Lipinski definition) is 1. The van der Waals surface area contributed by atoms with E-state index >= 15 is 0 Å². The number of alkyl halides is 3. The summed E-state index contributed by atoms with van der Waals surface area (Å²) < 4.78 is 53.2. The maximum absolute atomic E-state index is 13.3. The van der Waals surface area contributed by atoms with Gasteiger partial charge in [0.25, 0.3) is 0 Å². The van der Waals surface area contributed by atoms with Crippen molar-refractivity contribution >= 4 is 0 Å². The Morgan fingerprint density at radius 2 is 1.82 bits per heavy atom. The maximum atomic E-state index is 13.3. The first kappa shape index (κ1) is 17.2. The van der Waals surface area contributed by atoms with E-state index in [4.69, 9.17) is 0 Å². The molecule has 1 saturated heterocycles. The summed E-state index contributed by atoms with van der Waals surface area (Å²) in [7, 11) is 0. The molecule has 0 bridgehead atoms. The van der Waals surface area contributed by atoms with Gasteiger partial charge in [-0.15, -0.1) is 0 Å². The Morgan fingerprint density at radius 3 is 2.36 bits per heavy atom. The van der Waals surface area contributed by atoms with Crippen LogP contribution in [0.5, 0.6) is 0 Å². The molecule has 22 heavy (non-hydrogen) atoms. The standard InChI is InChI=1S/C16H22F4N2/c1-11(2)9-15(22-7-5-21-6-8-22)13-4-3-12(17)10-14(13)16(18,19)20/h3-4,10-11,15,21H,5-9H2,1-2H3/t15-/m1/s1. The highest BCUT2D eigenvalue weighted by molar-refractivity contribution is 5.33. The molecule has 0 saturated carbocycles. The lowest BCUT2D eigenvalue weighted by Gasteiger charge is -2.37. The van der Waals surface area contributed by atoms with Crippen LogP contribution in [0.2, 0.25) is 0 Å². The van der Waals surface area contributed by atoms with E-state index in [0.717, 1.165) is 19.2 Å². The van der Waals surface area contributed by atoms with Gasteiger partial charge >= 0.3 is 6.18 Å². The quantitative estimate of drug-likeness (QED) is 0.849. The van der Waals surface area contributed by atoms with Gasteiger partial charge in [0.15, 0.2) is 0 Å². The molecule has 0 radical (unpaired) electrons. The minimum atomic E-state index is -4.54. The van der Waals surface area contributed by atoms with Gasteiger partial charge in [0, 0.05) is 32.2 Å². The zero-order valence-electron chi connectivity index (χ0n) is 12.9. The largest absolute Gasteiger partial charge is 0.416 e. The van der Waals surface area contributed by atoms with Gasteiger partial charge in [0.2, 0.25) is 0 Å². The molecule has 1 heterocycles. The Kier molecular flexibility index (Phi) is 5.45. The van der Waals surface area contributed by atoms with Gasteiger partial charge in [-0.3, -0.25) is 4.90 Å². The van der Waals surface area contributed by atoms with Crippen LogP contribution >= 0.6 is 0 Å². The fraction of sp³-hybridized carbons (Fsp3) is 0.625. The molecule has 2 nitrogen and oxygen atoms in total. The van der Waals surface area contributed by atoms with Gasteiger partial charge in [-0.2, -0.15) is 13.2 Å². The molecule has 1 fully saturated rings. The smallest absolute Gasteiger partial charge is 0.314 e. The fourth-order valence-electron chi connectivity index (χ4n) is 2.98. The first-order valence-electron chi connectivity index (χ1n) is 7.60. The molecule has 1 aromatic carbocycles. The van der Waals surface area contributed by atoms with Crippen LogP contribution < -0.4 is 5.32 Å². The topological polar surface area (TPSA) is 15.3 Å². The number of nitrogens with one attached hydrogen (secondary N) is 1. The van der Waals surface area contributed by atoms with E-state index < -0.39 is 17.6 Å². The van der Waals surface area contributed by atoms with E-state index in [1.54, 1.807) is 0 Å². The number of nitrogens with zero attached hydrogens (tertiary/aromatic N) is 1. The molecule has 6 heteroatoms. The van der Waals surface area contributed by atoms with E-state index in [-0.39, 0.29) is 17.5 Å². The van der Waals surface area contributed by atoms with Crippen molar-refractivity contribution in [2.45, 2.75) is 32.5 Å². The summed E-state index contributed by atoms with van der Waals surface area (Å²) in [6.07, 6.45) is -3.92. The molecular formula is C16H22F4N2. The lowest BCUT2D eigenvalue weighted by atomic mass is 9.91. The fourth-order valence-corrected chi connectivity index (χ4v) is 2.98. The SMILES string of the molecule is CC(C)C[C@H](c1ccc(F)cc1C(F)(F)F)N1CCNCC1. The van der Waals surface area contributed by atoms with Crippen LogP contribution in [0.3, 0.4) is 0 Å². The van der Waals surface area contributed by atoms with Crippen LogP contribution in [0.4, 0.5) is 17.6 Å². The third-order valence-electron chi connectivity index (χ3n) is 3.97. The van der Waals surface area contributed by atoms with Crippen LogP contribution in [0.25, 0.3) is 0 Å². The minimum Gasteiger partial charge on any atom is -0.314 e. The third-order valence-corrected chi connectivity index (χ3v) is 3.97. The molecule has 0 unspecified atom stereocenters. The number of rotatable bonds is 4. The monoisotopic (exact) mass is 318 g/mol. The lowest BCUT2D eigenvalue weighted by Crippen LogP contribution is -2.45. The summed E-state index contributed by atoms with van der Waals surface area (Å²) in [6.45, 7) is 6.91. The van der Waals surface area contributed by atoms with Crippen molar-refractivity contribution in [1.29, 1.82) is 0 Å². The first-order valence-corrected chi connectivity index (χ1v) is 7.60. The van der Waals surface area contributed by atoms with Gasteiger partial charge in [-0.05, 0) is 30.0 Å². The number of benzene rings is 1. The predicted molar refractivity (Wildman–Crippen MR) is 78.0 cm³/mol. The second-order valence-corrected chi connectivity index (χ2v) is 6.16. The molecule has 0 aliphatic carbocycles. The molecule has 0 spiro atoms. The Hall–Kier alpha value is -1.14. The van der Waals surface area contributed by atoms with Gasteiger partial charge < -0.3 is 5.32 Å². The van der Waals surface area contributed by atoms with Crippen molar-refractivity contribution in [2.75, 3.05) is 26.2 Å². The van der Waals surface area contributed by atoms with Crippen LogP contribution in [-0.2, 0) is 6.18 Å². The van der Waals surface area contributed by atoms with Crippen molar-refractivity contribution in [3.05, 3.63) is 35.1 Å². The van der Waals surface area contributed by atoms with Crippen molar-refractivity contribution in [3.63, 3.8) is 0 Å². The summed E-state index contributed by atoms with van der Waals surface area (Å²) in [5.74, 6) is -0.592. The lowest BCUT2D eigenvalue weighted by molar-refractivity contribution is -0.139. The second-order valence-electron chi connectivity index (χ2n) is 6.16. The summed E-state index contributed by atoms with van der Waals surface area (Å²) >= 11 is 0. The van der Waals surface area contributed by atoms with E-state index in [1.165, 1.54) is 6.07 Å². The molecule has 1 atom stereocenters.